The van der Waals surface area contributed by atoms with Crippen molar-refractivity contribution in [3.8, 4) is 0 Å². The van der Waals surface area contributed by atoms with E-state index in [1.807, 2.05) is 31.3 Å². The van der Waals surface area contributed by atoms with Crippen molar-refractivity contribution in [1.82, 2.24) is 9.88 Å². The fourth-order valence-electron chi connectivity index (χ4n) is 2.75. The average molecular weight is 337 g/mol. The lowest BCUT2D eigenvalue weighted by Crippen LogP contribution is -2.26. The molecule has 0 saturated heterocycles. The van der Waals surface area contributed by atoms with Gasteiger partial charge in [-0.1, -0.05) is 18.2 Å². The van der Waals surface area contributed by atoms with E-state index in [4.69, 9.17) is 0 Å². The highest BCUT2D eigenvalue weighted by molar-refractivity contribution is 7.17. The van der Waals surface area contributed by atoms with Crippen molar-refractivity contribution in [2.45, 2.75) is 25.4 Å². The van der Waals surface area contributed by atoms with E-state index in [-0.39, 0.29) is 5.91 Å². The second-order valence-electron chi connectivity index (χ2n) is 6.27. The Bertz CT molecular complexity index is 868. The number of rotatable bonds is 5. The van der Waals surface area contributed by atoms with Crippen LogP contribution in [0.4, 0.5) is 5.82 Å². The molecule has 0 radical (unpaired) electrons. The number of carbonyl (C=O) groups excluding carboxylic acids is 1. The molecule has 0 bridgehead atoms. The van der Waals surface area contributed by atoms with Gasteiger partial charge in [-0.15, -0.1) is 11.3 Å². The first-order chi connectivity index (χ1) is 11.7. The van der Waals surface area contributed by atoms with Gasteiger partial charge in [-0.25, -0.2) is 4.98 Å². The number of anilines is 1. The molecule has 1 aliphatic rings. The Morgan fingerprint density at radius 2 is 2.12 bits per heavy atom. The largest absolute Gasteiger partial charge is 0.367 e. The predicted octanol–water partition coefficient (Wildman–Crippen LogP) is 4.14. The molecular formula is C19H19N3OS. The molecule has 5 heteroatoms. The molecule has 0 unspecified atom stereocenters. The lowest BCUT2D eigenvalue weighted by atomic mass is 10.1. The highest BCUT2D eigenvalue weighted by atomic mass is 32.1. The molecule has 1 aromatic carbocycles. The van der Waals surface area contributed by atoms with Gasteiger partial charge in [0.05, 0.1) is 5.56 Å². The van der Waals surface area contributed by atoms with Crippen molar-refractivity contribution in [1.29, 1.82) is 0 Å². The normalized spacial score (nSPS) is 13.9. The van der Waals surface area contributed by atoms with Crippen LogP contribution >= 0.6 is 11.3 Å². The molecule has 1 amide bonds. The number of carbonyl (C=O) groups is 1. The first-order valence-corrected chi connectivity index (χ1v) is 9.02. The number of nitrogens with zero attached hydrogens (tertiary/aromatic N) is 2. The summed E-state index contributed by atoms with van der Waals surface area (Å²) in [5.41, 5.74) is 1.81. The molecule has 1 saturated carbocycles. The summed E-state index contributed by atoms with van der Waals surface area (Å²) in [7, 11) is 1.84. The van der Waals surface area contributed by atoms with Gasteiger partial charge in [-0.3, -0.25) is 4.79 Å². The third kappa shape index (κ3) is 3.12. The Morgan fingerprint density at radius 3 is 2.88 bits per heavy atom. The summed E-state index contributed by atoms with van der Waals surface area (Å²) in [4.78, 5) is 18.7. The maximum absolute atomic E-state index is 12.6. The van der Waals surface area contributed by atoms with Crippen molar-refractivity contribution in [2.24, 2.45) is 0 Å². The summed E-state index contributed by atoms with van der Waals surface area (Å²) in [6.45, 7) is 0.602. The quantitative estimate of drug-likeness (QED) is 0.761. The lowest BCUT2D eigenvalue weighted by Gasteiger charge is -2.17. The van der Waals surface area contributed by atoms with Crippen molar-refractivity contribution < 1.29 is 4.79 Å². The van der Waals surface area contributed by atoms with Crippen molar-refractivity contribution >= 4 is 33.1 Å². The third-order valence-corrected chi connectivity index (χ3v) is 5.27. The minimum absolute atomic E-state index is 0.00393. The number of hydrogen-bond donors (Lipinski definition) is 1. The summed E-state index contributed by atoms with van der Waals surface area (Å²) in [6.07, 6.45) is 4.08. The second kappa shape index (κ2) is 6.24. The van der Waals surface area contributed by atoms with Crippen LogP contribution in [0.1, 0.15) is 28.8 Å². The second-order valence-corrected chi connectivity index (χ2v) is 7.18. The molecular weight excluding hydrogens is 318 g/mol. The summed E-state index contributed by atoms with van der Waals surface area (Å²) in [5, 5.41) is 6.69. The Morgan fingerprint density at radius 1 is 1.29 bits per heavy atom. The average Bonchev–Trinajstić information content (AvgIpc) is 3.34. The van der Waals surface area contributed by atoms with Crippen LogP contribution in [0, 0.1) is 0 Å². The molecule has 1 aliphatic carbocycles. The first-order valence-electron chi connectivity index (χ1n) is 8.14. The number of amides is 1. The number of nitrogens with one attached hydrogen (secondary N) is 1. The number of fused-ring (bicyclic) bond motifs is 1. The van der Waals surface area contributed by atoms with Gasteiger partial charge >= 0.3 is 0 Å². The van der Waals surface area contributed by atoms with Crippen LogP contribution in [0.25, 0.3) is 10.1 Å². The molecule has 0 aliphatic heterocycles. The molecule has 2 heterocycles. The monoisotopic (exact) mass is 337 g/mol. The highest BCUT2D eigenvalue weighted by Gasteiger charge is 2.21. The molecule has 0 spiro atoms. The van der Waals surface area contributed by atoms with Crippen LogP contribution in [-0.4, -0.2) is 28.9 Å². The predicted molar refractivity (Wildman–Crippen MR) is 98.5 cm³/mol. The van der Waals surface area contributed by atoms with Crippen LogP contribution in [0.2, 0.25) is 0 Å². The third-order valence-electron chi connectivity index (χ3n) is 4.26. The van der Waals surface area contributed by atoms with Crippen LogP contribution < -0.4 is 5.32 Å². The molecule has 24 heavy (non-hydrogen) atoms. The van der Waals surface area contributed by atoms with Gasteiger partial charge in [0.15, 0.2) is 0 Å². The standard InChI is InChI=1S/C19H19N3OS/c1-22(11-14-12-24-17-5-3-2-4-16(14)17)19(23)13-6-9-18(20-10-13)21-15-7-8-15/h2-6,9-10,12,15H,7-8,11H2,1H3,(H,20,21). The van der Waals surface area contributed by atoms with E-state index in [2.05, 4.69) is 27.8 Å². The molecule has 3 aromatic rings. The topological polar surface area (TPSA) is 45.2 Å². The Balaban J connectivity index is 1.47. The SMILES string of the molecule is CN(Cc1csc2ccccc12)C(=O)c1ccc(NC2CC2)nc1. The minimum atomic E-state index is -0.00393. The molecule has 4 nitrogen and oxygen atoms in total. The number of aromatic nitrogens is 1. The lowest BCUT2D eigenvalue weighted by molar-refractivity contribution is 0.0785. The van der Waals surface area contributed by atoms with E-state index in [1.165, 1.54) is 28.5 Å². The van der Waals surface area contributed by atoms with E-state index in [9.17, 15) is 4.79 Å². The zero-order valence-electron chi connectivity index (χ0n) is 13.5. The zero-order chi connectivity index (χ0) is 16.5. The molecule has 122 valence electrons. The molecule has 1 fully saturated rings. The summed E-state index contributed by atoms with van der Waals surface area (Å²) < 4.78 is 1.26. The van der Waals surface area contributed by atoms with Crippen molar-refractivity contribution in [3.05, 3.63) is 59.1 Å². The number of pyridine rings is 1. The fourth-order valence-corrected chi connectivity index (χ4v) is 3.70. The summed E-state index contributed by atoms with van der Waals surface area (Å²) >= 11 is 1.72. The zero-order valence-corrected chi connectivity index (χ0v) is 14.3. The number of thiophene rings is 1. The molecule has 0 atom stereocenters. The Hall–Kier alpha value is -2.40. The van der Waals surface area contributed by atoms with E-state index >= 15 is 0 Å². The van der Waals surface area contributed by atoms with Gasteiger partial charge < -0.3 is 10.2 Å². The Labute approximate surface area is 145 Å². The van der Waals surface area contributed by atoms with E-state index < -0.39 is 0 Å². The van der Waals surface area contributed by atoms with Crippen molar-refractivity contribution in [3.63, 3.8) is 0 Å². The van der Waals surface area contributed by atoms with Gasteiger partial charge in [0.25, 0.3) is 5.91 Å². The van der Waals surface area contributed by atoms with Gasteiger partial charge in [-0.05, 0) is 47.4 Å². The van der Waals surface area contributed by atoms with Gasteiger partial charge in [0.1, 0.15) is 5.82 Å². The van der Waals surface area contributed by atoms with Gasteiger partial charge in [0, 0.05) is 30.5 Å². The van der Waals surface area contributed by atoms with E-state index in [1.54, 1.807) is 22.4 Å². The summed E-state index contributed by atoms with van der Waals surface area (Å²) in [5.74, 6) is 0.844. The van der Waals surface area contributed by atoms with Crippen LogP contribution in [0.15, 0.2) is 48.0 Å². The fraction of sp³-hybridized carbons (Fsp3) is 0.263. The maximum Gasteiger partial charge on any atom is 0.255 e. The molecule has 4 rings (SSSR count). The first kappa shape index (κ1) is 15.1. The van der Waals surface area contributed by atoms with E-state index in [0.717, 1.165) is 5.82 Å². The maximum atomic E-state index is 12.6. The van der Waals surface area contributed by atoms with E-state index in [0.29, 0.717) is 18.2 Å². The van der Waals surface area contributed by atoms with Crippen LogP contribution in [-0.2, 0) is 6.54 Å². The number of benzene rings is 1. The Kier molecular flexibility index (Phi) is 3.94. The van der Waals surface area contributed by atoms with Gasteiger partial charge in [0.2, 0.25) is 0 Å². The van der Waals surface area contributed by atoms with Crippen LogP contribution in [0.5, 0.6) is 0 Å². The van der Waals surface area contributed by atoms with Gasteiger partial charge in [-0.2, -0.15) is 0 Å². The molecule has 1 N–H and O–H groups in total. The molecule has 2 aromatic heterocycles. The highest BCUT2D eigenvalue weighted by Crippen LogP contribution is 2.27. The minimum Gasteiger partial charge on any atom is -0.367 e. The van der Waals surface area contributed by atoms with Crippen molar-refractivity contribution in [2.75, 3.05) is 12.4 Å². The smallest absolute Gasteiger partial charge is 0.255 e. The van der Waals surface area contributed by atoms with Crippen LogP contribution in [0.3, 0.4) is 0 Å². The summed E-state index contributed by atoms with van der Waals surface area (Å²) in [6, 6.07) is 12.6. The number of hydrogen-bond acceptors (Lipinski definition) is 4.